The van der Waals surface area contributed by atoms with Crippen LogP contribution >= 0.6 is 0 Å². The maximum absolute atomic E-state index is 14.6. The number of hydrogen-bond donors (Lipinski definition) is 3. The first-order valence-corrected chi connectivity index (χ1v) is 12.0. The summed E-state index contributed by atoms with van der Waals surface area (Å²) in [6, 6.07) is 15.2. The summed E-state index contributed by atoms with van der Waals surface area (Å²) in [6.45, 7) is 1.58. The fourth-order valence-corrected chi connectivity index (χ4v) is 4.51. The number of H-pyrrole nitrogens is 2. The Bertz CT molecular complexity index is 1700. The van der Waals surface area contributed by atoms with Gasteiger partial charge in [-0.15, -0.1) is 0 Å². The van der Waals surface area contributed by atoms with Crippen LogP contribution in [0.5, 0.6) is 0 Å². The fraction of sp³-hybridized carbons (Fsp3) is 0.143. The molecule has 0 bridgehead atoms. The lowest BCUT2D eigenvalue weighted by molar-refractivity contribution is 0.425. The number of halogens is 1. The van der Waals surface area contributed by atoms with Crippen molar-refractivity contribution in [3.05, 3.63) is 79.1 Å². The Balaban J connectivity index is 1.41. The minimum atomic E-state index is -0.278. The van der Waals surface area contributed by atoms with Gasteiger partial charge in [0.1, 0.15) is 5.82 Å². The molecule has 184 valence electrons. The zero-order chi connectivity index (χ0) is 25.4. The summed E-state index contributed by atoms with van der Waals surface area (Å²) in [5.41, 5.74) is 7.34. The number of pyridine rings is 1. The Kier molecular flexibility index (Phi) is 5.82. The van der Waals surface area contributed by atoms with Gasteiger partial charge in [0.05, 0.1) is 23.3 Å². The molecule has 6 aromatic rings. The highest BCUT2D eigenvalue weighted by Crippen LogP contribution is 2.35. The molecule has 3 N–H and O–H groups in total. The van der Waals surface area contributed by atoms with E-state index in [1.165, 1.54) is 6.07 Å². The zero-order valence-electron chi connectivity index (χ0n) is 20.5. The highest BCUT2D eigenvalue weighted by atomic mass is 19.1. The third-order valence-corrected chi connectivity index (χ3v) is 6.30. The molecule has 0 saturated carbocycles. The number of rotatable bonds is 7. The van der Waals surface area contributed by atoms with Crippen LogP contribution in [0.15, 0.2) is 73.3 Å². The van der Waals surface area contributed by atoms with Crippen molar-refractivity contribution < 1.29 is 4.39 Å². The van der Waals surface area contributed by atoms with Crippen molar-refractivity contribution in [3.63, 3.8) is 0 Å². The zero-order valence-corrected chi connectivity index (χ0v) is 20.5. The predicted octanol–water partition coefficient (Wildman–Crippen LogP) is 5.34. The van der Waals surface area contributed by atoms with Crippen molar-refractivity contribution in [3.8, 4) is 33.8 Å². The highest BCUT2D eigenvalue weighted by molar-refractivity contribution is 6.01. The summed E-state index contributed by atoms with van der Waals surface area (Å²) < 4.78 is 14.6. The highest BCUT2D eigenvalue weighted by Gasteiger charge is 2.15. The average Bonchev–Trinajstić information content (AvgIpc) is 3.52. The van der Waals surface area contributed by atoms with E-state index in [0.29, 0.717) is 5.65 Å². The lowest BCUT2D eigenvalue weighted by Gasteiger charge is -2.13. The molecule has 2 aromatic carbocycles. The summed E-state index contributed by atoms with van der Waals surface area (Å²) in [7, 11) is 4.02. The van der Waals surface area contributed by atoms with Crippen molar-refractivity contribution in [2.45, 2.75) is 0 Å². The molecule has 0 aliphatic rings. The summed E-state index contributed by atoms with van der Waals surface area (Å²) in [6.07, 6.45) is 6.75. The van der Waals surface area contributed by atoms with Gasteiger partial charge in [0.2, 0.25) is 0 Å². The molecular formula is C28H25FN8. The molecule has 37 heavy (non-hydrogen) atoms. The number of aromatic amines is 2. The van der Waals surface area contributed by atoms with Crippen molar-refractivity contribution in [2.75, 3.05) is 32.5 Å². The molecule has 4 heterocycles. The van der Waals surface area contributed by atoms with Gasteiger partial charge in [-0.05, 0) is 61.6 Å². The number of benzene rings is 2. The first-order valence-electron chi connectivity index (χ1n) is 12.0. The van der Waals surface area contributed by atoms with Crippen LogP contribution in [0.2, 0.25) is 0 Å². The van der Waals surface area contributed by atoms with Crippen LogP contribution in [0, 0.1) is 5.82 Å². The molecule has 8 nitrogen and oxygen atoms in total. The van der Waals surface area contributed by atoms with Crippen LogP contribution in [0.4, 0.5) is 10.1 Å². The van der Waals surface area contributed by atoms with Gasteiger partial charge in [-0.2, -0.15) is 5.10 Å². The Labute approximate surface area is 212 Å². The molecule has 0 aliphatic carbocycles. The van der Waals surface area contributed by atoms with Gasteiger partial charge in [-0.3, -0.25) is 15.1 Å². The van der Waals surface area contributed by atoms with Crippen LogP contribution in [0.25, 0.3) is 55.7 Å². The Morgan fingerprint density at radius 3 is 2.70 bits per heavy atom. The Morgan fingerprint density at radius 2 is 1.86 bits per heavy atom. The van der Waals surface area contributed by atoms with Gasteiger partial charge in [-0.1, -0.05) is 12.1 Å². The minimum Gasteiger partial charge on any atom is -0.384 e. The summed E-state index contributed by atoms with van der Waals surface area (Å²) in [5, 5.41) is 12.7. The molecule has 0 amide bonds. The molecule has 0 saturated heterocycles. The van der Waals surface area contributed by atoms with Crippen molar-refractivity contribution in [1.82, 2.24) is 35.0 Å². The maximum atomic E-state index is 14.6. The van der Waals surface area contributed by atoms with E-state index in [1.807, 2.05) is 44.4 Å². The first kappa shape index (κ1) is 22.8. The summed E-state index contributed by atoms with van der Waals surface area (Å²) in [4.78, 5) is 18.6. The van der Waals surface area contributed by atoms with E-state index in [0.717, 1.165) is 68.8 Å². The number of nitrogens with zero attached hydrogens (tertiary/aromatic N) is 5. The van der Waals surface area contributed by atoms with E-state index < -0.39 is 0 Å². The molecular weight excluding hydrogens is 467 g/mol. The second-order valence-corrected chi connectivity index (χ2v) is 9.19. The second kappa shape index (κ2) is 9.44. The van der Waals surface area contributed by atoms with Gasteiger partial charge < -0.3 is 15.2 Å². The smallest absolute Gasteiger partial charge is 0.181 e. The van der Waals surface area contributed by atoms with Crippen LogP contribution in [-0.2, 0) is 0 Å². The molecule has 0 fully saturated rings. The number of aromatic nitrogens is 6. The standard InChI is InChI=1S/C28H25FN8/c1-37(2)9-8-31-20-11-17(10-19(29)13-20)21-4-3-5-24-22(21)14-25(34-24)27-23-12-18(15-33-28(23)36-35-27)26-16-30-6-7-32-26/h3-7,10-16,31,34H,8-9H2,1-2H3,(H,33,35,36). The van der Waals surface area contributed by atoms with Gasteiger partial charge in [-0.25, -0.2) is 9.37 Å². The molecule has 4 aromatic heterocycles. The number of anilines is 1. The molecule has 0 unspecified atom stereocenters. The van der Waals surface area contributed by atoms with Crippen LogP contribution in [0.3, 0.4) is 0 Å². The second-order valence-electron chi connectivity index (χ2n) is 9.19. The largest absolute Gasteiger partial charge is 0.384 e. The minimum absolute atomic E-state index is 0.278. The molecule has 0 atom stereocenters. The lowest BCUT2D eigenvalue weighted by atomic mass is 10.0. The quantitative estimate of drug-likeness (QED) is 0.278. The lowest BCUT2D eigenvalue weighted by Crippen LogP contribution is -2.20. The molecule has 0 radical (unpaired) electrons. The SMILES string of the molecule is CN(C)CCNc1cc(F)cc(-c2cccc3[nH]c(-c4[nH]nc5ncc(-c6cnccn6)cc45)cc23)c1. The molecule has 9 heteroatoms. The predicted molar refractivity (Wildman–Crippen MR) is 145 cm³/mol. The number of hydrogen-bond acceptors (Lipinski definition) is 6. The van der Waals surface area contributed by atoms with E-state index in [-0.39, 0.29) is 5.82 Å². The van der Waals surface area contributed by atoms with Crippen LogP contribution in [0.1, 0.15) is 0 Å². The topological polar surface area (TPSA) is 98.4 Å². The van der Waals surface area contributed by atoms with Crippen molar-refractivity contribution >= 4 is 27.6 Å². The van der Waals surface area contributed by atoms with Crippen LogP contribution < -0.4 is 5.32 Å². The van der Waals surface area contributed by atoms with E-state index in [4.69, 9.17) is 0 Å². The van der Waals surface area contributed by atoms with Crippen molar-refractivity contribution in [2.24, 2.45) is 0 Å². The number of fused-ring (bicyclic) bond motifs is 2. The normalized spacial score (nSPS) is 11.6. The van der Waals surface area contributed by atoms with Gasteiger partial charge in [0.15, 0.2) is 5.65 Å². The molecule has 0 aliphatic heterocycles. The van der Waals surface area contributed by atoms with Gasteiger partial charge in [0, 0.05) is 59.2 Å². The maximum Gasteiger partial charge on any atom is 0.181 e. The number of nitrogens with one attached hydrogen (secondary N) is 3. The van der Waals surface area contributed by atoms with Gasteiger partial charge in [0.25, 0.3) is 0 Å². The molecule has 6 rings (SSSR count). The third kappa shape index (κ3) is 4.52. The Hall–Kier alpha value is -4.63. The van der Waals surface area contributed by atoms with Gasteiger partial charge >= 0.3 is 0 Å². The summed E-state index contributed by atoms with van der Waals surface area (Å²) in [5.74, 6) is -0.278. The van der Waals surface area contributed by atoms with E-state index in [9.17, 15) is 4.39 Å². The van der Waals surface area contributed by atoms with E-state index in [1.54, 1.807) is 30.9 Å². The number of likely N-dealkylation sites (N-methyl/N-ethyl adjacent to an activating group) is 1. The molecule has 0 spiro atoms. The fourth-order valence-electron chi connectivity index (χ4n) is 4.51. The monoisotopic (exact) mass is 492 g/mol. The van der Waals surface area contributed by atoms with E-state index in [2.05, 4.69) is 46.4 Å². The average molecular weight is 493 g/mol. The van der Waals surface area contributed by atoms with Crippen molar-refractivity contribution in [1.29, 1.82) is 0 Å². The third-order valence-electron chi connectivity index (χ3n) is 6.30. The summed E-state index contributed by atoms with van der Waals surface area (Å²) >= 11 is 0. The first-order chi connectivity index (χ1) is 18.0. The van der Waals surface area contributed by atoms with Crippen LogP contribution in [-0.4, -0.2) is 62.2 Å². The Morgan fingerprint density at radius 1 is 0.946 bits per heavy atom. The van der Waals surface area contributed by atoms with E-state index >= 15 is 0 Å².